The molecule has 5 heteroatoms. The van der Waals surface area contributed by atoms with Crippen LogP contribution in [0.4, 0.5) is 0 Å². The molecule has 0 amide bonds. The first-order valence-corrected chi connectivity index (χ1v) is 11.4. The van der Waals surface area contributed by atoms with Crippen molar-refractivity contribution >= 4 is 11.9 Å². The summed E-state index contributed by atoms with van der Waals surface area (Å²) in [5, 5.41) is 8.38. The number of carboxylic acid groups (broad SMARTS) is 1. The van der Waals surface area contributed by atoms with Gasteiger partial charge in [0.05, 0.1) is 18.8 Å². The number of carbonyl (C=O) groups excluding carboxylic acids is 1. The van der Waals surface area contributed by atoms with E-state index in [4.69, 9.17) is 14.6 Å². The molecule has 0 fully saturated rings. The summed E-state index contributed by atoms with van der Waals surface area (Å²) in [4.78, 5) is 21.4. The lowest BCUT2D eigenvalue weighted by Gasteiger charge is -2.08. The Labute approximate surface area is 201 Å². The zero-order valence-electron chi connectivity index (χ0n) is 19.6. The summed E-state index contributed by atoms with van der Waals surface area (Å²) in [6.45, 7) is 6.38. The minimum atomic E-state index is -0.879. The van der Waals surface area contributed by atoms with Gasteiger partial charge in [0, 0.05) is 5.57 Å². The number of hydrogen-bond donors (Lipinski definition) is 1. The maximum atomic E-state index is 11.2. The third-order valence-corrected chi connectivity index (χ3v) is 4.87. The van der Waals surface area contributed by atoms with Crippen LogP contribution in [0.2, 0.25) is 0 Å². The van der Waals surface area contributed by atoms with Gasteiger partial charge in [0.15, 0.2) is 0 Å². The number of ether oxygens (including phenoxy) is 2. The Bertz CT molecular complexity index is 1010. The van der Waals surface area contributed by atoms with Crippen molar-refractivity contribution in [1.82, 2.24) is 0 Å². The van der Waals surface area contributed by atoms with Crippen LogP contribution in [0.15, 0.2) is 97.1 Å². The first-order valence-electron chi connectivity index (χ1n) is 11.4. The molecule has 178 valence electrons. The van der Waals surface area contributed by atoms with Crippen LogP contribution in [-0.4, -0.2) is 30.3 Å². The molecule has 0 saturated heterocycles. The summed E-state index contributed by atoms with van der Waals surface area (Å²) in [5.74, 6) is -0.284. The van der Waals surface area contributed by atoms with Crippen molar-refractivity contribution in [3.05, 3.63) is 103 Å². The molecule has 0 unspecified atom stereocenters. The average molecular weight is 461 g/mol. The van der Waals surface area contributed by atoms with E-state index in [1.807, 2.05) is 30.3 Å². The van der Waals surface area contributed by atoms with Crippen molar-refractivity contribution in [3.63, 3.8) is 0 Å². The van der Waals surface area contributed by atoms with E-state index in [1.165, 1.54) is 11.1 Å². The van der Waals surface area contributed by atoms with Crippen LogP contribution in [0.1, 0.15) is 43.0 Å². The lowest BCUT2D eigenvalue weighted by atomic mass is 10.1. The molecule has 0 atom stereocenters. The van der Waals surface area contributed by atoms with Crippen LogP contribution in [0.3, 0.4) is 0 Å². The quantitative estimate of drug-likeness (QED) is 0.194. The van der Waals surface area contributed by atoms with Gasteiger partial charge in [-0.25, -0.2) is 9.59 Å². The molecule has 0 bridgehead atoms. The highest BCUT2D eigenvalue weighted by atomic mass is 16.5. The van der Waals surface area contributed by atoms with E-state index in [-0.39, 0.29) is 5.97 Å². The number of aromatic carboxylic acids is 1. The Morgan fingerprint density at radius 2 is 1.26 bits per heavy atom. The molecule has 1 N–H and O–H groups in total. The molecule has 0 aliphatic carbocycles. The van der Waals surface area contributed by atoms with Crippen LogP contribution in [0.25, 0.3) is 11.1 Å². The maximum Gasteiger partial charge on any atom is 0.335 e. The van der Waals surface area contributed by atoms with Crippen molar-refractivity contribution in [2.45, 2.75) is 32.6 Å². The van der Waals surface area contributed by atoms with Crippen molar-refractivity contribution in [2.75, 3.05) is 13.2 Å². The molecule has 0 aliphatic heterocycles. The Hall–Kier alpha value is -3.86. The molecule has 0 spiro atoms. The number of carboxylic acids is 1. The number of unbranched alkanes of at least 4 members (excludes halogenated alkanes) is 3. The smallest absolute Gasteiger partial charge is 0.335 e. The normalized spacial score (nSPS) is 9.91. The summed E-state index contributed by atoms with van der Waals surface area (Å²) in [7, 11) is 0. The fraction of sp³-hybridized carbons (Fsp3) is 0.241. The first-order chi connectivity index (χ1) is 16.5. The van der Waals surface area contributed by atoms with E-state index in [0.29, 0.717) is 24.4 Å². The van der Waals surface area contributed by atoms with E-state index in [0.717, 1.165) is 31.4 Å². The van der Waals surface area contributed by atoms with Crippen molar-refractivity contribution in [2.24, 2.45) is 0 Å². The standard InChI is InChI=1S/C22H26O3.C7H6O2/c1-18(2)22(23)25-17-9-4-3-8-16-24-21-14-12-20(13-15-21)19-10-6-5-7-11-19;8-7(9)6-4-2-1-3-5-6/h5-7,10-15H,1,3-4,8-9,16-17H2,2H3;1-5H,(H,8,9). The molecule has 3 aromatic rings. The number of rotatable bonds is 11. The summed E-state index contributed by atoms with van der Waals surface area (Å²) < 4.78 is 10.8. The largest absolute Gasteiger partial charge is 0.494 e. The van der Waals surface area contributed by atoms with Gasteiger partial charge >= 0.3 is 11.9 Å². The van der Waals surface area contributed by atoms with E-state index >= 15 is 0 Å². The predicted molar refractivity (Wildman–Crippen MR) is 135 cm³/mol. The SMILES string of the molecule is C=C(C)C(=O)OCCCCCCOc1ccc(-c2ccccc2)cc1.O=C(O)c1ccccc1. The van der Waals surface area contributed by atoms with Gasteiger partial charge in [0.25, 0.3) is 0 Å². The molecular formula is C29H32O5. The fourth-order valence-corrected chi connectivity index (χ4v) is 2.99. The third kappa shape index (κ3) is 10.2. The van der Waals surface area contributed by atoms with Crippen molar-refractivity contribution in [3.8, 4) is 16.9 Å². The van der Waals surface area contributed by atoms with Crippen LogP contribution in [0.5, 0.6) is 5.75 Å². The first kappa shape index (κ1) is 26.4. The molecule has 0 aromatic heterocycles. The molecule has 3 aromatic carbocycles. The van der Waals surface area contributed by atoms with Crippen molar-refractivity contribution < 1.29 is 24.2 Å². The van der Waals surface area contributed by atoms with Gasteiger partial charge in [0.1, 0.15) is 5.75 Å². The minimum Gasteiger partial charge on any atom is -0.494 e. The summed E-state index contributed by atoms with van der Waals surface area (Å²) >= 11 is 0. The second-order valence-corrected chi connectivity index (χ2v) is 7.74. The number of esters is 1. The topological polar surface area (TPSA) is 72.8 Å². The summed E-state index contributed by atoms with van der Waals surface area (Å²) in [5.41, 5.74) is 3.18. The molecular weight excluding hydrogens is 428 g/mol. The van der Waals surface area contributed by atoms with Gasteiger partial charge in [-0.3, -0.25) is 0 Å². The number of carbonyl (C=O) groups is 2. The van der Waals surface area contributed by atoms with E-state index in [1.54, 1.807) is 37.3 Å². The second-order valence-electron chi connectivity index (χ2n) is 7.74. The highest BCUT2D eigenvalue weighted by Crippen LogP contribution is 2.22. The van der Waals surface area contributed by atoms with Gasteiger partial charge < -0.3 is 14.6 Å². The molecule has 0 radical (unpaired) electrons. The van der Waals surface area contributed by atoms with Gasteiger partial charge in [0.2, 0.25) is 0 Å². The Morgan fingerprint density at radius 3 is 1.79 bits per heavy atom. The Balaban J connectivity index is 0.000000379. The van der Waals surface area contributed by atoms with Crippen LogP contribution in [0, 0.1) is 0 Å². The van der Waals surface area contributed by atoms with Gasteiger partial charge in [-0.2, -0.15) is 0 Å². The zero-order valence-corrected chi connectivity index (χ0v) is 19.6. The molecule has 0 aliphatic rings. The maximum absolute atomic E-state index is 11.2. The lowest BCUT2D eigenvalue weighted by molar-refractivity contribution is -0.139. The average Bonchev–Trinajstić information content (AvgIpc) is 2.87. The third-order valence-electron chi connectivity index (χ3n) is 4.87. The highest BCUT2D eigenvalue weighted by molar-refractivity contribution is 5.87. The van der Waals surface area contributed by atoms with E-state index in [2.05, 4.69) is 30.8 Å². The lowest BCUT2D eigenvalue weighted by Crippen LogP contribution is -2.06. The Kier molecular flexibility index (Phi) is 11.7. The van der Waals surface area contributed by atoms with E-state index < -0.39 is 5.97 Å². The summed E-state index contributed by atoms with van der Waals surface area (Å²) in [6, 6.07) is 26.8. The summed E-state index contributed by atoms with van der Waals surface area (Å²) in [6.07, 6.45) is 3.96. The van der Waals surface area contributed by atoms with Gasteiger partial charge in [-0.1, -0.05) is 67.2 Å². The molecule has 3 rings (SSSR count). The monoisotopic (exact) mass is 460 g/mol. The fourth-order valence-electron chi connectivity index (χ4n) is 2.99. The van der Waals surface area contributed by atoms with Gasteiger partial charge in [-0.05, 0) is 68.0 Å². The van der Waals surface area contributed by atoms with Crippen LogP contribution in [-0.2, 0) is 9.53 Å². The van der Waals surface area contributed by atoms with E-state index in [9.17, 15) is 9.59 Å². The zero-order chi connectivity index (χ0) is 24.6. The molecule has 5 nitrogen and oxygen atoms in total. The molecule has 34 heavy (non-hydrogen) atoms. The molecule has 0 heterocycles. The number of hydrogen-bond acceptors (Lipinski definition) is 4. The Morgan fingerprint density at radius 1 is 0.735 bits per heavy atom. The molecule has 0 saturated carbocycles. The van der Waals surface area contributed by atoms with Gasteiger partial charge in [-0.15, -0.1) is 0 Å². The highest BCUT2D eigenvalue weighted by Gasteiger charge is 2.02. The van der Waals surface area contributed by atoms with Crippen LogP contribution >= 0.6 is 0 Å². The number of benzene rings is 3. The van der Waals surface area contributed by atoms with Crippen molar-refractivity contribution in [1.29, 1.82) is 0 Å². The minimum absolute atomic E-state index is 0.303. The predicted octanol–water partition coefficient (Wildman–Crippen LogP) is 6.80. The second kappa shape index (κ2) is 15.1. The van der Waals surface area contributed by atoms with Crippen LogP contribution < -0.4 is 4.74 Å².